The van der Waals surface area contributed by atoms with E-state index in [-0.39, 0.29) is 47.5 Å². The van der Waals surface area contributed by atoms with E-state index in [1.54, 1.807) is 0 Å². The predicted molar refractivity (Wildman–Crippen MR) is 261 cm³/mol. The third-order valence-corrected chi connectivity index (χ3v) is 16.3. The van der Waals surface area contributed by atoms with Crippen LogP contribution in [0.4, 0.5) is 5.69 Å². The number of hydrogen-bond acceptors (Lipinski definition) is 9. The zero-order chi connectivity index (χ0) is 46.5. The Bertz CT molecular complexity index is 1780. The second kappa shape index (κ2) is 27.6. The molecule has 2 aromatic rings. The molecule has 2 fully saturated rings. The number of phenols is 1. The van der Waals surface area contributed by atoms with Crippen LogP contribution < -0.4 is 20.3 Å². The number of phosphoric acid groups is 1. The van der Waals surface area contributed by atoms with Crippen LogP contribution in [-0.4, -0.2) is 50.0 Å². The minimum Gasteiger partial charge on any atom is -0.505 e. The van der Waals surface area contributed by atoms with Crippen molar-refractivity contribution in [2.24, 2.45) is 23.0 Å². The fraction of sp³-hybridized carbons (Fsp3) is 0.736. The van der Waals surface area contributed by atoms with E-state index in [9.17, 15) is 19.3 Å². The lowest BCUT2D eigenvalue weighted by Gasteiger charge is -2.50. The maximum Gasteiger partial charge on any atom is 0.530 e. The Morgan fingerprint density at radius 2 is 1.35 bits per heavy atom. The molecule has 5 atom stereocenters. The standard InChI is InChI=1S/C53H85N2O9P/c1-5-7-9-11-13-15-17-19-21-23-36-62-65(59,63-37-24-22-20-18-16-14-12-10-8-6-2)64-41-26-28-42-40(39-41)25-27-44-43(42)33-35-53(3)45(44)29-32-48(53)61-38-34-49(56)55-46-30-31-47(60-4)50(51(46)57)52(54)58/h26,28,30-31,39,43-45,48,57H,5-25,27,29,32-38H2,1-4H3,(H2,54,58)(H,55,56)/t43?,44?,45?,48-,53-/m0/s1. The molecule has 0 spiro atoms. The lowest BCUT2D eigenvalue weighted by Crippen LogP contribution is -2.44. The Morgan fingerprint density at radius 1 is 0.769 bits per heavy atom. The number of methoxy groups -OCH3 is 1. The van der Waals surface area contributed by atoms with Gasteiger partial charge in [0.25, 0.3) is 5.91 Å². The van der Waals surface area contributed by atoms with Gasteiger partial charge in [-0.3, -0.25) is 18.6 Å². The minimum atomic E-state index is -3.81. The molecule has 366 valence electrons. The first-order valence-corrected chi connectivity index (χ1v) is 27.3. The molecule has 65 heavy (non-hydrogen) atoms. The zero-order valence-electron chi connectivity index (χ0n) is 40.6. The lowest BCUT2D eigenvalue weighted by molar-refractivity contribution is -0.119. The van der Waals surface area contributed by atoms with Gasteiger partial charge in [-0.1, -0.05) is 142 Å². The molecule has 3 aliphatic carbocycles. The number of carbonyl (C=O) groups is 2. The third-order valence-electron chi connectivity index (χ3n) is 14.9. The van der Waals surface area contributed by atoms with Crippen molar-refractivity contribution in [2.45, 2.75) is 206 Å². The SMILES string of the molecule is CCCCCCCCCCCCOP(=O)(OCCCCCCCCCCCC)Oc1ccc2c(c1)CCC1C2CC[C@@]2(C)C1CC[C@@H]2OCCC(=O)Nc1ccc(OC)c(C(N)=O)c1O. The Kier molecular flexibility index (Phi) is 22.5. The summed E-state index contributed by atoms with van der Waals surface area (Å²) < 4.78 is 44.2. The van der Waals surface area contributed by atoms with Crippen LogP contribution in [-0.2, 0) is 29.6 Å². The van der Waals surface area contributed by atoms with Crippen LogP contribution >= 0.6 is 7.82 Å². The van der Waals surface area contributed by atoms with Crippen LogP contribution in [0.3, 0.4) is 0 Å². The largest absolute Gasteiger partial charge is 0.530 e. The molecule has 12 heteroatoms. The number of amides is 2. The van der Waals surface area contributed by atoms with Crippen molar-refractivity contribution in [3.05, 3.63) is 47.0 Å². The van der Waals surface area contributed by atoms with E-state index in [4.69, 9.17) is 28.8 Å². The molecule has 11 nitrogen and oxygen atoms in total. The molecule has 4 N–H and O–H groups in total. The first-order chi connectivity index (χ1) is 31.5. The van der Waals surface area contributed by atoms with E-state index >= 15 is 0 Å². The van der Waals surface area contributed by atoms with Crippen molar-refractivity contribution >= 4 is 25.3 Å². The van der Waals surface area contributed by atoms with Crippen LogP contribution in [0, 0.1) is 17.3 Å². The summed E-state index contributed by atoms with van der Waals surface area (Å²) in [6.45, 7) is 7.88. The summed E-state index contributed by atoms with van der Waals surface area (Å²) in [6, 6.07) is 9.24. The second-order valence-electron chi connectivity index (χ2n) is 19.5. The molecule has 2 amide bonds. The number of carbonyl (C=O) groups excluding carboxylic acids is 2. The van der Waals surface area contributed by atoms with Gasteiger partial charge in [-0.2, -0.15) is 0 Å². The number of nitrogens with one attached hydrogen (secondary N) is 1. The van der Waals surface area contributed by atoms with Crippen molar-refractivity contribution in [3.63, 3.8) is 0 Å². The zero-order valence-corrected chi connectivity index (χ0v) is 41.5. The number of benzene rings is 2. The summed E-state index contributed by atoms with van der Waals surface area (Å²) in [7, 11) is -2.43. The van der Waals surface area contributed by atoms with Gasteiger partial charge in [-0.15, -0.1) is 0 Å². The second-order valence-corrected chi connectivity index (χ2v) is 21.1. The average molecular weight is 925 g/mol. The van der Waals surface area contributed by atoms with Gasteiger partial charge in [0.2, 0.25) is 5.91 Å². The van der Waals surface area contributed by atoms with Crippen LogP contribution in [0.15, 0.2) is 30.3 Å². The molecule has 0 heterocycles. The first kappa shape index (κ1) is 52.9. The highest BCUT2D eigenvalue weighted by atomic mass is 31.2. The Balaban J connectivity index is 1.11. The Hall–Kier alpha value is -3.11. The van der Waals surface area contributed by atoms with Crippen LogP contribution in [0.1, 0.15) is 215 Å². The molecule has 0 aromatic heterocycles. The lowest BCUT2D eigenvalue weighted by atomic mass is 9.55. The molecule has 5 rings (SSSR count). The highest BCUT2D eigenvalue weighted by Gasteiger charge is 2.55. The highest BCUT2D eigenvalue weighted by molar-refractivity contribution is 7.48. The molecule has 2 aromatic carbocycles. The Morgan fingerprint density at radius 3 is 1.92 bits per heavy atom. The molecular weight excluding hydrogens is 840 g/mol. The van der Waals surface area contributed by atoms with Gasteiger partial charge in [0.1, 0.15) is 17.1 Å². The van der Waals surface area contributed by atoms with Crippen molar-refractivity contribution in [1.29, 1.82) is 0 Å². The van der Waals surface area contributed by atoms with Crippen LogP contribution in [0.5, 0.6) is 17.2 Å². The van der Waals surface area contributed by atoms with Gasteiger partial charge >= 0.3 is 7.82 Å². The smallest absolute Gasteiger partial charge is 0.505 e. The van der Waals surface area contributed by atoms with Crippen molar-refractivity contribution < 1.29 is 42.3 Å². The predicted octanol–water partition coefficient (Wildman–Crippen LogP) is 14.1. The first-order valence-electron chi connectivity index (χ1n) is 25.9. The van der Waals surface area contributed by atoms with Crippen molar-refractivity contribution in [2.75, 3.05) is 32.2 Å². The molecule has 3 aliphatic rings. The fourth-order valence-electron chi connectivity index (χ4n) is 11.2. The third kappa shape index (κ3) is 15.7. The number of primary amides is 1. The van der Waals surface area contributed by atoms with Gasteiger partial charge in [-0.05, 0) is 110 Å². The van der Waals surface area contributed by atoms with E-state index in [0.29, 0.717) is 36.7 Å². The summed E-state index contributed by atoms with van der Waals surface area (Å²) in [5, 5.41) is 13.3. The van der Waals surface area contributed by atoms with Gasteiger partial charge in [0.05, 0.1) is 45.1 Å². The number of aromatic hydroxyl groups is 1. The van der Waals surface area contributed by atoms with Gasteiger partial charge in [0.15, 0.2) is 5.75 Å². The van der Waals surface area contributed by atoms with E-state index in [0.717, 1.165) is 64.2 Å². The maximum absolute atomic E-state index is 14.2. The molecule has 0 aliphatic heterocycles. The molecule has 0 bridgehead atoms. The van der Waals surface area contributed by atoms with Crippen molar-refractivity contribution in [1.82, 2.24) is 0 Å². The van der Waals surface area contributed by atoms with Crippen LogP contribution in [0.25, 0.3) is 0 Å². The number of fused-ring (bicyclic) bond motifs is 5. The quantitative estimate of drug-likeness (QED) is 0.0360. The van der Waals surface area contributed by atoms with Crippen LogP contribution in [0.2, 0.25) is 0 Å². The molecule has 0 saturated heterocycles. The number of phosphoric ester groups is 1. The molecular formula is C53H85N2O9P. The summed E-state index contributed by atoms with van der Waals surface area (Å²) in [4.78, 5) is 24.8. The topological polar surface area (TPSA) is 156 Å². The number of rotatable bonds is 33. The van der Waals surface area contributed by atoms with Crippen molar-refractivity contribution in [3.8, 4) is 17.2 Å². The maximum atomic E-state index is 14.2. The highest BCUT2D eigenvalue weighted by Crippen LogP contribution is 2.62. The van der Waals surface area contributed by atoms with E-state index in [1.165, 1.54) is 133 Å². The van der Waals surface area contributed by atoms with E-state index in [1.807, 2.05) is 6.07 Å². The molecule has 3 unspecified atom stereocenters. The summed E-state index contributed by atoms with van der Waals surface area (Å²) in [5.74, 6) is 0.621. The number of anilines is 1. The van der Waals surface area contributed by atoms with E-state index < -0.39 is 19.5 Å². The average Bonchev–Trinajstić information content (AvgIpc) is 3.63. The van der Waals surface area contributed by atoms with E-state index in [2.05, 4.69) is 38.2 Å². The minimum absolute atomic E-state index is 0.0205. The number of hydrogen-bond donors (Lipinski definition) is 3. The molecule has 0 radical (unpaired) electrons. The molecule has 2 saturated carbocycles. The van der Waals surface area contributed by atoms with Gasteiger partial charge < -0.3 is 30.2 Å². The number of ether oxygens (including phenoxy) is 2. The van der Waals surface area contributed by atoms with Gasteiger partial charge in [0, 0.05) is 0 Å². The summed E-state index contributed by atoms with van der Waals surface area (Å²) in [5.41, 5.74) is 8.04. The summed E-state index contributed by atoms with van der Waals surface area (Å²) >= 11 is 0. The fourth-order valence-corrected chi connectivity index (χ4v) is 12.4. The van der Waals surface area contributed by atoms with Gasteiger partial charge in [-0.25, -0.2) is 4.57 Å². The summed E-state index contributed by atoms with van der Waals surface area (Å²) in [6.07, 6.45) is 30.8. The number of nitrogens with two attached hydrogens (primary N) is 1. The number of aryl methyl sites for hydroxylation is 1. The normalized spacial score (nSPS) is 21.4. The number of unbranched alkanes of at least 4 members (excludes halogenated alkanes) is 18. The monoisotopic (exact) mass is 925 g/mol. The Labute approximate surface area is 392 Å².